The second kappa shape index (κ2) is 9.06. The molecule has 0 aliphatic carbocycles. The summed E-state index contributed by atoms with van der Waals surface area (Å²) in [5.74, 6) is 2.57. The Hall–Kier alpha value is -3.04. The summed E-state index contributed by atoms with van der Waals surface area (Å²) in [4.78, 5) is 24.7. The molecule has 0 unspecified atom stereocenters. The third-order valence-corrected chi connectivity index (χ3v) is 4.09. The number of hydrogen-bond acceptors (Lipinski definition) is 6. The Kier molecular flexibility index (Phi) is 6.29. The van der Waals surface area contributed by atoms with E-state index in [-0.39, 0.29) is 6.09 Å². The molecule has 0 saturated carbocycles. The minimum absolute atomic E-state index is 0.258. The van der Waals surface area contributed by atoms with Gasteiger partial charge in [0.25, 0.3) is 0 Å². The van der Waals surface area contributed by atoms with Crippen LogP contribution in [-0.4, -0.2) is 76.4 Å². The molecule has 0 atom stereocenters. The lowest BCUT2D eigenvalue weighted by atomic mass is 10.3. The summed E-state index contributed by atoms with van der Waals surface area (Å²) in [7, 11) is 0. The van der Waals surface area contributed by atoms with Crippen molar-refractivity contribution in [1.29, 1.82) is 0 Å². The van der Waals surface area contributed by atoms with Crippen LogP contribution in [0.2, 0.25) is 0 Å². The first-order chi connectivity index (χ1) is 13.2. The van der Waals surface area contributed by atoms with E-state index in [1.54, 1.807) is 17.2 Å². The number of carbonyl (C=O) groups is 1. The van der Waals surface area contributed by atoms with Crippen LogP contribution in [0.3, 0.4) is 0 Å². The number of carbonyl (C=O) groups excluding carboxylic acids is 1. The average molecular weight is 375 g/mol. The Balaban J connectivity index is 1.59. The highest BCUT2D eigenvalue weighted by Gasteiger charge is 2.23. The second-order valence-electron chi connectivity index (χ2n) is 5.93. The van der Waals surface area contributed by atoms with Crippen molar-refractivity contribution in [1.82, 2.24) is 30.3 Å². The topological polar surface area (TPSA) is 112 Å². The van der Waals surface area contributed by atoms with Gasteiger partial charge in [-0.3, -0.25) is 5.10 Å². The van der Waals surface area contributed by atoms with Crippen LogP contribution in [0.25, 0.3) is 11.6 Å². The molecule has 146 valence electrons. The molecule has 2 N–H and O–H groups in total. The van der Waals surface area contributed by atoms with Crippen molar-refractivity contribution in [3.63, 3.8) is 0 Å². The Labute approximate surface area is 157 Å². The summed E-state index contributed by atoms with van der Waals surface area (Å²) < 4.78 is 10.4. The van der Waals surface area contributed by atoms with Gasteiger partial charge in [0.2, 0.25) is 5.82 Å². The zero-order valence-electron chi connectivity index (χ0n) is 15.6. The van der Waals surface area contributed by atoms with Crippen LogP contribution in [0.15, 0.2) is 27.8 Å². The van der Waals surface area contributed by atoms with Gasteiger partial charge in [0.05, 0.1) is 12.9 Å². The van der Waals surface area contributed by atoms with Gasteiger partial charge < -0.3 is 24.3 Å². The van der Waals surface area contributed by atoms with E-state index >= 15 is 0 Å². The summed E-state index contributed by atoms with van der Waals surface area (Å²) in [5, 5.41) is 10.3. The van der Waals surface area contributed by atoms with Crippen LogP contribution in [-0.2, 0) is 11.3 Å². The zero-order chi connectivity index (χ0) is 19.1. The highest BCUT2D eigenvalue weighted by Crippen LogP contribution is 2.14. The molecule has 2 aromatic heterocycles. The van der Waals surface area contributed by atoms with E-state index in [1.165, 1.54) is 0 Å². The number of H-pyrrole nitrogens is 1. The average Bonchev–Trinajstić information content (AvgIpc) is 3.37. The molecule has 1 aliphatic heterocycles. The van der Waals surface area contributed by atoms with Crippen LogP contribution in [0, 0.1) is 0 Å². The SMILES string of the molecule is CCNC(=NCc1nc(-c2ccco2)n[nH]1)N1CCN(C(=O)OCC)CC1. The number of nitrogens with one attached hydrogen (secondary N) is 2. The number of aromatic nitrogens is 3. The Morgan fingerprint density at radius 1 is 1.33 bits per heavy atom. The summed E-state index contributed by atoms with van der Waals surface area (Å²) in [6.45, 7) is 7.94. The smallest absolute Gasteiger partial charge is 0.409 e. The van der Waals surface area contributed by atoms with E-state index in [0.717, 1.165) is 12.5 Å². The van der Waals surface area contributed by atoms with Crippen molar-refractivity contribution in [3.8, 4) is 11.6 Å². The Morgan fingerprint density at radius 3 is 2.78 bits per heavy atom. The predicted molar refractivity (Wildman–Crippen MR) is 99.1 cm³/mol. The van der Waals surface area contributed by atoms with Gasteiger partial charge in [-0.2, -0.15) is 0 Å². The lowest BCUT2D eigenvalue weighted by molar-refractivity contribution is 0.0914. The largest absolute Gasteiger partial charge is 0.461 e. The number of hydrogen-bond donors (Lipinski definition) is 2. The van der Waals surface area contributed by atoms with Gasteiger partial charge in [0, 0.05) is 32.7 Å². The third kappa shape index (κ3) is 4.78. The molecule has 3 rings (SSSR count). The molecular weight excluding hydrogens is 350 g/mol. The molecule has 10 nitrogen and oxygen atoms in total. The molecule has 3 heterocycles. The van der Waals surface area contributed by atoms with Crippen LogP contribution < -0.4 is 5.32 Å². The van der Waals surface area contributed by atoms with Crippen molar-refractivity contribution in [2.75, 3.05) is 39.3 Å². The van der Waals surface area contributed by atoms with Crippen LogP contribution in [0.4, 0.5) is 4.79 Å². The summed E-state index contributed by atoms with van der Waals surface area (Å²) in [5.41, 5.74) is 0. The quantitative estimate of drug-likeness (QED) is 0.598. The first-order valence-corrected chi connectivity index (χ1v) is 9.11. The van der Waals surface area contributed by atoms with Crippen molar-refractivity contribution in [2.24, 2.45) is 4.99 Å². The van der Waals surface area contributed by atoms with E-state index < -0.39 is 0 Å². The maximum Gasteiger partial charge on any atom is 0.409 e. The number of amides is 1. The van der Waals surface area contributed by atoms with E-state index in [1.807, 2.05) is 19.9 Å². The maximum absolute atomic E-state index is 11.8. The molecule has 0 spiro atoms. The summed E-state index contributed by atoms with van der Waals surface area (Å²) in [6, 6.07) is 3.60. The fourth-order valence-electron chi connectivity index (χ4n) is 2.77. The fraction of sp³-hybridized carbons (Fsp3) is 0.529. The molecule has 0 aromatic carbocycles. The number of guanidine groups is 1. The zero-order valence-corrected chi connectivity index (χ0v) is 15.6. The van der Waals surface area contributed by atoms with E-state index in [9.17, 15) is 4.79 Å². The third-order valence-electron chi connectivity index (χ3n) is 4.09. The van der Waals surface area contributed by atoms with Crippen molar-refractivity contribution in [3.05, 3.63) is 24.2 Å². The van der Waals surface area contributed by atoms with Crippen molar-refractivity contribution < 1.29 is 13.9 Å². The highest BCUT2D eigenvalue weighted by atomic mass is 16.6. The first kappa shape index (κ1) is 18.7. The minimum Gasteiger partial charge on any atom is -0.461 e. The first-order valence-electron chi connectivity index (χ1n) is 9.11. The van der Waals surface area contributed by atoms with Crippen LogP contribution in [0.1, 0.15) is 19.7 Å². The maximum atomic E-state index is 11.8. The molecular formula is C17H25N7O3. The second-order valence-corrected chi connectivity index (χ2v) is 5.93. The van der Waals surface area contributed by atoms with Gasteiger partial charge >= 0.3 is 6.09 Å². The number of nitrogens with zero attached hydrogens (tertiary/aromatic N) is 5. The molecule has 1 amide bonds. The standard InChI is InChI=1S/C17H25N7O3/c1-3-18-16(23-7-9-24(10-8-23)17(25)26-4-2)19-12-14-20-15(22-21-14)13-6-5-11-27-13/h5-6,11H,3-4,7-10,12H2,1-2H3,(H,18,19)(H,20,21,22). The molecule has 1 saturated heterocycles. The number of aromatic amines is 1. The normalized spacial score (nSPS) is 15.1. The van der Waals surface area contributed by atoms with Gasteiger partial charge in [-0.1, -0.05) is 0 Å². The predicted octanol–water partition coefficient (Wildman–Crippen LogP) is 1.30. The highest BCUT2D eigenvalue weighted by molar-refractivity contribution is 5.80. The molecule has 1 fully saturated rings. The minimum atomic E-state index is -0.258. The van der Waals surface area contributed by atoms with Crippen molar-refractivity contribution >= 4 is 12.1 Å². The van der Waals surface area contributed by atoms with Gasteiger partial charge in [-0.15, -0.1) is 5.10 Å². The van der Waals surface area contributed by atoms with Crippen molar-refractivity contribution in [2.45, 2.75) is 20.4 Å². The van der Waals surface area contributed by atoms with Gasteiger partial charge in [0.15, 0.2) is 11.7 Å². The van der Waals surface area contributed by atoms with E-state index in [4.69, 9.17) is 9.15 Å². The number of aliphatic imine (C=N–C) groups is 1. The number of rotatable bonds is 5. The van der Waals surface area contributed by atoms with E-state index in [0.29, 0.717) is 56.7 Å². The van der Waals surface area contributed by atoms with Gasteiger partial charge in [-0.05, 0) is 26.0 Å². The number of ether oxygens (including phenoxy) is 1. The lowest BCUT2D eigenvalue weighted by Gasteiger charge is -2.35. The summed E-state index contributed by atoms with van der Waals surface area (Å²) >= 11 is 0. The van der Waals surface area contributed by atoms with Crippen LogP contribution >= 0.6 is 0 Å². The molecule has 27 heavy (non-hydrogen) atoms. The molecule has 10 heteroatoms. The Bertz CT molecular complexity index is 748. The summed E-state index contributed by atoms with van der Waals surface area (Å²) in [6.07, 6.45) is 1.33. The van der Waals surface area contributed by atoms with Crippen LogP contribution in [0.5, 0.6) is 0 Å². The molecule has 0 bridgehead atoms. The molecule has 1 aliphatic rings. The molecule has 2 aromatic rings. The Morgan fingerprint density at radius 2 is 2.11 bits per heavy atom. The molecule has 0 radical (unpaired) electrons. The van der Waals surface area contributed by atoms with Gasteiger partial charge in [0.1, 0.15) is 12.4 Å². The fourth-order valence-corrected chi connectivity index (χ4v) is 2.77. The number of piperazine rings is 1. The lowest BCUT2D eigenvalue weighted by Crippen LogP contribution is -2.53. The monoisotopic (exact) mass is 375 g/mol. The van der Waals surface area contributed by atoms with Gasteiger partial charge in [-0.25, -0.2) is 14.8 Å². The van der Waals surface area contributed by atoms with E-state index in [2.05, 4.69) is 30.4 Å². The number of furan rings is 1.